The average molecular weight is 273 g/mol. The molecule has 3 nitrogen and oxygen atoms in total. The van der Waals surface area contributed by atoms with E-state index in [0.29, 0.717) is 13.0 Å². The smallest absolute Gasteiger partial charge is 0.0705 e. The normalized spacial score (nSPS) is 13.6. The molecule has 2 rings (SSSR count). The molecule has 108 valence electrons. The zero-order valence-electron chi connectivity index (χ0n) is 12.1. The Bertz CT molecular complexity index is 566. The van der Waals surface area contributed by atoms with E-state index in [1.807, 2.05) is 26.0 Å². The number of hydrogen-bond donors (Lipinski definition) is 3. The molecule has 1 unspecified atom stereocenters. The molecule has 0 amide bonds. The standard InChI is InChI=1S/C17H23NO2/c1-17(2,12-19)18-11-16(20)10-13-7-8-14-5-3-4-6-15(14)9-13/h3-9,16,18-20H,10-12H2,1-2H3. The van der Waals surface area contributed by atoms with Gasteiger partial charge in [-0.3, -0.25) is 0 Å². The van der Waals surface area contributed by atoms with Gasteiger partial charge in [-0.05, 0) is 36.6 Å². The Hall–Kier alpha value is -1.42. The first kappa shape index (κ1) is 15.0. The number of aliphatic hydroxyl groups is 2. The molecule has 0 fully saturated rings. The van der Waals surface area contributed by atoms with E-state index in [9.17, 15) is 10.2 Å². The van der Waals surface area contributed by atoms with E-state index >= 15 is 0 Å². The van der Waals surface area contributed by atoms with Crippen molar-refractivity contribution in [3.05, 3.63) is 48.0 Å². The fourth-order valence-electron chi connectivity index (χ4n) is 2.16. The number of aliphatic hydroxyl groups excluding tert-OH is 2. The molecule has 0 saturated carbocycles. The fraction of sp³-hybridized carbons (Fsp3) is 0.412. The lowest BCUT2D eigenvalue weighted by atomic mass is 10.0. The largest absolute Gasteiger partial charge is 0.394 e. The monoisotopic (exact) mass is 273 g/mol. The van der Waals surface area contributed by atoms with E-state index in [0.717, 1.165) is 5.56 Å². The summed E-state index contributed by atoms with van der Waals surface area (Å²) in [6.45, 7) is 4.35. The van der Waals surface area contributed by atoms with E-state index in [1.165, 1.54) is 10.8 Å². The van der Waals surface area contributed by atoms with Gasteiger partial charge in [0.2, 0.25) is 0 Å². The summed E-state index contributed by atoms with van der Waals surface area (Å²) in [4.78, 5) is 0. The van der Waals surface area contributed by atoms with Crippen molar-refractivity contribution in [1.82, 2.24) is 5.32 Å². The first-order valence-electron chi connectivity index (χ1n) is 7.02. The molecule has 0 radical (unpaired) electrons. The van der Waals surface area contributed by atoms with Crippen LogP contribution < -0.4 is 5.32 Å². The highest BCUT2D eigenvalue weighted by atomic mass is 16.3. The van der Waals surface area contributed by atoms with Gasteiger partial charge in [-0.2, -0.15) is 0 Å². The molecule has 0 aliphatic rings. The molecule has 0 saturated heterocycles. The second kappa shape index (κ2) is 6.35. The van der Waals surface area contributed by atoms with Gasteiger partial charge in [0.25, 0.3) is 0 Å². The highest BCUT2D eigenvalue weighted by molar-refractivity contribution is 5.82. The second-order valence-electron chi connectivity index (χ2n) is 5.96. The summed E-state index contributed by atoms with van der Waals surface area (Å²) >= 11 is 0. The zero-order chi connectivity index (χ0) is 14.6. The van der Waals surface area contributed by atoms with Crippen LogP contribution in [0.15, 0.2) is 42.5 Å². The van der Waals surface area contributed by atoms with Crippen LogP contribution >= 0.6 is 0 Å². The average Bonchev–Trinajstić information content (AvgIpc) is 2.45. The molecule has 2 aromatic rings. The number of benzene rings is 2. The Morgan fingerprint density at radius 3 is 2.50 bits per heavy atom. The van der Waals surface area contributed by atoms with Crippen molar-refractivity contribution in [2.24, 2.45) is 0 Å². The third-order valence-corrected chi connectivity index (χ3v) is 3.50. The lowest BCUT2D eigenvalue weighted by Crippen LogP contribution is -2.46. The summed E-state index contributed by atoms with van der Waals surface area (Å²) in [5, 5.41) is 24.8. The van der Waals surface area contributed by atoms with Gasteiger partial charge in [0, 0.05) is 12.1 Å². The summed E-state index contributed by atoms with van der Waals surface area (Å²) in [5.41, 5.74) is 0.768. The maximum Gasteiger partial charge on any atom is 0.0705 e. The van der Waals surface area contributed by atoms with Gasteiger partial charge in [0.1, 0.15) is 0 Å². The topological polar surface area (TPSA) is 52.5 Å². The molecule has 0 aromatic heterocycles. The van der Waals surface area contributed by atoms with Gasteiger partial charge in [0.05, 0.1) is 12.7 Å². The second-order valence-corrected chi connectivity index (χ2v) is 5.96. The molecule has 20 heavy (non-hydrogen) atoms. The SMILES string of the molecule is CC(C)(CO)NCC(O)Cc1ccc2ccccc2c1. The van der Waals surface area contributed by atoms with E-state index in [1.54, 1.807) is 0 Å². The summed E-state index contributed by atoms with van der Waals surface area (Å²) < 4.78 is 0. The van der Waals surface area contributed by atoms with E-state index in [4.69, 9.17) is 0 Å². The molecule has 0 aliphatic carbocycles. The van der Waals surface area contributed by atoms with E-state index in [-0.39, 0.29) is 12.1 Å². The van der Waals surface area contributed by atoms with Gasteiger partial charge >= 0.3 is 0 Å². The maximum atomic E-state index is 10.1. The molecule has 2 aromatic carbocycles. The summed E-state index contributed by atoms with van der Waals surface area (Å²) in [5.74, 6) is 0. The van der Waals surface area contributed by atoms with E-state index in [2.05, 4.69) is 35.6 Å². The van der Waals surface area contributed by atoms with E-state index < -0.39 is 6.10 Å². The maximum absolute atomic E-state index is 10.1. The van der Waals surface area contributed by atoms with Crippen LogP contribution in [0.25, 0.3) is 10.8 Å². The Morgan fingerprint density at radius 2 is 1.80 bits per heavy atom. The fourth-order valence-corrected chi connectivity index (χ4v) is 2.16. The van der Waals surface area contributed by atoms with Crippen LogP contribution in [0.1, 0.15) is 19.4 Å². The number of nitrogens with one attached hydrogen (secondary N) is 1. The van der Waals surface area contributed by atoms with Crippen LogP contribution in [0.2, 0.25) is 0 Å². The minimum Gasteiger partial charge on any atom is -0.394 e. The van der Waals surface area contributed by atoms with Crippen LogP contribution in [0.4, 0.5) is 0 Å². The van der Waals surface area contributed by atoms with Crippen molar-refractivity contribution >= 4 is 10.8 Å². The van der Waals surface area contributed by atoms with Gasteiger partial charge in [-0.15, -0.1) is 0 Å². The molecule has 0 spiro atoms. The molecule has 3 heteroatoms. The Morgan fingerprint density at radius 1 is 1.10 bits per heavy atom. The first-order valence-corrected chi connectivity index (χ1v) is 7.02. The van der Waals surface area contributed by atoms with Crippen molar-refractivity contribution in [1.29, 1.82) is 0 Å². The van der Waals surface area contributed by atoms with Gasteiger partial charge in [0.15, 0.2) is 0 Å². The lowest BCUT2D eigenvalue weighted by molar-refractivity contribution is 0.135. The minimum absolute atomic E-state index is 0.0513. The molecular formula is C17H23NO2. The van der Waals surface area contributed by atoms with Crippen molar-refractivity contribution in [2.75, 3.05) is 13.2 Å². The number of β-amino-alcohol motifs (C(OH)–C–C–N with tert-alkyl or cyclic N) is 1. The van der Waals surface area contributed by atoms with Crippen molar-refractivity contribution in [2.45, 2.75) is 31.9 Å². The molecule has 0 bridgehead atoms. The molecular weight excluding hydrogens is 250 g/mol. The van der Waals surface area contributed by atoms with Crippen molar-refractivity contribution in [3.63, 3.8) is 0 Å². The van der Waals surface area contributed by atoms with Gasteiger partial charge in [-0.25, -0.2) is 0 Å². The predicted octanol–water partition coefficient (Wildman–Crippen LogP) is 2.10. The van der Waals surface area contributed by atoms with Crippen molar-refractivity contribution in [3.8, 4) is 0 Å². The van der Waals surface area contributed by atoms with Crippen LogP contribution in [-0.2, 0) is 6.42 Å². The van der Waals surface area contributed by atoms with Crippen LogP contribution in [-0.4, -0.2) is 35.0 Å². The van der Waals surface area contributed by atoms with Crippen LogP contribution in [0, 0.1) is 0 Å². The summed E-state index contributed by atoms with van der Waals surface area (Å²) in [6.07, 6.45) is 0.154. The summed E-state index contributed by atoms with van der Waals surface area (Å²) in [6, 6.07) is 14.5. The lowest BCUT2D eigenvalue weighted by Gasteiger charge is -2.25. The number of rotatable bonds is 6. The van der Waals surface area contributed by atoms with Gasteiger partial charge < -0.3 is 15.5 Å². The number of fused-ring (bicyclic) bond motifs is 1. The third-order valence-electron chi connectivity index (χ3n) is 3.50. The molecule has 1 atom stereocenters. The molecule has 3 N–H and O–H groups in total. The third kappa shape index (κ3) is 4.04. The van der Waals surface area contributed by atoms with Crippen molar-refractivity contribution < 1.29 is 10.2 Å². The predicted molar refractivity (Wildman–Crippen MR) is 82.8 cm³/mol. The zero-order valence-corrected chi connectivity index (χ0v) is 12.1. The molecule has 0 heterocycles. The summed E-state index contributed by atoms with van der Waals surface area (Å²) in [7, 11) is 0. The highest BCUT2D eigenvalue weighted by Crippen LogP contribution is 2.16. The minimum atomic E-state index is -0.456. The highest BCUT2D eigenvalue weighted by Gasteiger charge is 2.17. The quantitative estimate of drug-likeness (QED) is 0.755. The molecule has 0 aliphatic heterocycles. The number of hydrogen-bond acceptors (Lipinski definition) is 3. The van der Waals surface area contributed by atoms with Crippen LogP contribution in [0.3, 0.4) is 0 Å². The Kier molecular flexibility index (Phi) is 4.76. The first-order chi connectivity index (χ1) is 9.50. The Labute approximate surface area is 120 Å². The Balaban J connectivity index is 1.97. The van der Waals surface area contributed by atoms with Crippen LogP contribution in [0.5, 0.6) is 0 Å². The van der Waals surface area contributed by atoms with Gasteiger partial charge in [-0.1, -0.05) is 42.5 Å².